The molecule has 0 N–H and O–H groups in total. The second-order valence-corrected chi connectivity index (χ2v) is 7.57. The molecule has 2 aliphatic carbocycles. The van der Waals surface area contributed by atoms with Crippen LogP contribution in [0, 0.1) is 5.41 Å². The van der Waals surface area contributed by atoms with E-state index in [1.54, 1.807) is 24.3 Å². The number of carbonyl (C=O) groups is 3. The Kier molecular flexibility index (Phi) is 3.92. The van der Waals surface area contributed by atoms with Gasteiger partial charge in [0.25, 0.3) is 0 Å². The summed E-state index contributed by atoms with van der Waals surface area (Å²) in [6.07, 6.45) is 1.64. The van der Waals surface area contributed by atoms with Crippen LogP contribution in [0.3, 0.4) is 0 Å². The molecule has 0 amide bonds. The van der Waals surface area contributed by atoms with Gasteiger partial charge >= 0.3 is 0 Å². The Balaban J connectivity index is 1.84. The number of rotatable bonds is 2. The van der Waals surface area contributed by atoms with Crippen LogP contribution >= 0.6 is 0 Å². The van der Waals surface area contributed by atoms with Crippen LogP contribution in [0.4, 0.5) is 0 Å². The highest BCUT2D eigenvalue weighted by molar-refractivity contribution is 6.37. The summed E-state index contributed by atoms with van der Waals surface area (Å²) < 4.78 is 0. The van der Waals surface area contributed by atoms with E-state index in [4.69, 9.17) is 0 Å². The summed E-state index contributed by atoms with van der Waals surface area (Å²) in [5.74, 6) is -1.03. The molecule has 1 atom stereocenters. The van der Waals surface area contributed by atoms with Crippen LogP contribution in [0.1, 0.15) is 44.2 Å². The first-order chi connectivity index (χ1) is 14.1. The number of fused-ring (bicyclic) bond motifs is 1. The molecule has 0 aliphatic heterocycles. The van der Waals surface area contributed by atoms with E-state index in [1.165, 1.54) is 6.08 Å². The Morgan fingerprint density at radius 3 is 1.76 bits per heavy atom. The van der Waals surface area contributed by atoms with Gasteiger partial charge in [-0.15, -0.1) is 0 Å². The molecule has 0 aromatic heterocycles. The molecule has 1 spiro atoms. The zero-order valence-corrected chi connectivity index (χ0v) is 15.7. The third-order valence-electron chi connectivity index (χ3n) is 6.08. The minimum absolute atomic E-state index is 0.0695. The lowest BCUT2D eigenvalue weighted by Crippen LogP contribution is -2.44. The minimum Gasteiger partial charge on any atom is -0.295 e. The number of hydrogen-bond donors (Lipinski definition) is 0. The predicted octanol–water partition coefficient (Wildman–Crippen LogP) is 4.89. The Bertz CT molecular complexity index is 1140. The van der Waals surface area contributed by atoms with Gasteiger partial charge in [-0.25, -0.2) is 0 Å². The fourth-order valence-corrected chi connectivity index (χ4v) is 4.83. The van der Waals surface area contributed by atoms with Crippen LogP contribution in [0.2, 0.25) is 0 Å². The van der Waals surface area contributed by atoms with Crippen molar-refractivity contribution in [3.05, 3.63) is 113 Å². The Hall–Kier alpha value is -3.59. The fraction of sp³-hybridized carbons (Fsp3) is 0.115. The van der Waals surface area contributed by atoms with Gasteiger partial charge in [0.05, 0.1) is 0 Å². The molecule has 140 valence electrons. The third kappa shape index (κ3) is 2.40. The first kappa shape index (κ1) is 17.5. The highest BCUT2D eigenvalue weighted by Gasteiger charge is 2.61. The van der Waals surface area contributed by atoms with E-state index in [2.05, 4.69) is 0 Å². The number of carbonyl (C=O) groups excluding carboxylic acids is 3. The first-order valence-electron chi connectivity index (χ1n) is 9.68. The maximum absolute atomic E-state index is 13.9. The lowest BCUT2D eigenvalue weighted by atomic mass is 9.58. The second kappa shape index (κ2) is 6.49. The Morgan fingerprint density at radius 1 is 0.655 bits per heavy atom. The van der Waals surface area contributed by atoms with E-state index in [1.807, 2.05) is 60.7 Å². The summed E-state index contributed by atoms with van der Waals surface area (Å²) >= 11 is 0. The van der Waals surface area contributed by atoms with E-state index >= 15 is 0 Å². The normalized spacial score (nSPS) is 19.9. The van der Waals surface area contributed by atoms with Gasteiger partial charge in [0, 0.05) is 23.5 Å². The molecule has 0 radical (unpaired) electrons. The quantitative estimate of drug-likeness (QED) is 0.597. The van der Waals surface area contributed by atoms with Crippen molar-refractivity contribution in [2.24, 2.45) is 5.41 Å². The number of ketones is 3. The lowest BCUT2D eigenvalue weighted by Gasteiger charge is -2.39. The molecular formula is C26H18O3. The maximum atomic E-state index is 13.9. The van der Waals surface area contributed by atoms with E-state index in [9.17, 15) is 14.4 Å². The number of allylic oxidation sites excluding steroid dienone is 2. The molecule has 0 saturated heterocycles. The summed E-state index contributed by atoms with van der Waals surface area (Å²) in [6.45, 7) is 0. The molecule has 0 bridgehead atoms. The van der Waals surface area contributed by atoms with Gasteiger partial charge in [-0.05, 0) is 22.8 Å². The molecule has 0 heterocycles. The van der Waals surface area contributed by atoms with Crippen molar-refractivity contribution in [1.82, 2.24) is 0 Å². The van der Waals surface area contributed by atoms with Gasteiger partial charge in [-0.1, -0.05) is 84.9 Å². The van der Waals surface area contributed by atoms with Crippen LogP contribution in [-0.2, 0) is 4.79 Å². The van der Waals surface area contributed by atoms with Crippen molar-refractivity contribution < 1.29 is 14.4 Å². The molecular weight excluding hydrogens is 360 g/mol. The van der Waals surface area contributed by atoms with Crippen LogP contribution in [0.15, 0.2) is 91.0 Å². The fourth-order valence-electron chi connectivity index (χ4n) is 4.83. The second-order valence-electron chi connectivity index (χ2n) is 7.57. The first-order valence-corrected chi connectivity index (χ1v) is 9.68. The Morgan fingerprint density at radius 2 is 1.17 bits per heavy atom. The predicted molar refractivity (Wildman–Crippen MR) is 111 cm³/mol. The maximum Gasteiger partial charge on any atom is 0.182 e. The van der Waals surface area contributed by atoms with E-state index in [-0.39, 0.29) is 23.8 Å². The standard InChI is InChI=1S/C26H18O3/c27-19-15-22(17-9-3-1-4-10-17)26(23(16-19)18-11-5-2-6-12-18)24(28)20-13-7-8-14-21(20)25(26)29/h1-15,23H,16H2/t23-/m0/s1. The number of benzene rings is 3. The molecule has 0 saturated carbocycles. The van der Waals surface area contributed by atoms with Crippen molar-refractivity contribution in [2.75, 3.05) is 0 Å². The average molecular weight is 378 g/mol. The van der Waals surface area contributed by atoms with Gasteiger partial charge in [0.2, 0.25) is 0 Å². The summed E-state index contributed by atoms with van der Waals surface area (Å²) in [6, 6.07) is 25.7. The van der Waals surface area contributed by atoms with Crippen molar-refractivity contribution in [3.63, 3.8) is 0 Å². The zero-order chi connectivity index (χ0) is 20.0. The van der Waals surface area contributed by atoms with Gasteiger partial charge in [-0.2, -0.15) is 0 Å². The lowest BCUT2D eigenvalue weighted by molar-refractivity contribution is -0.115. The van der Waals surface area contributed by atoms with Crippen molar-refractivity contribution >= 4 is 22.9 Å². The van der Waals surface area contributed by atoms with E-state index in [0.29, 0.717) is 16.7 Å². The van der Waals surface area contributed by atoms with Crippen LogP contribution in [0.25, 0.3) is 5.57 Å². The van der Waals surface area contributed by atoms with Crippen molar-refractivity contribution in [3.8, 4) is 0 Å². The van der Waals surface area contributed by atoms with Crippen LogP contribution in [0.5, 0.6) is 0 Å². The van der Waals surface area contributed by atoms with Gasteiger partial charge in [-0.3, -0.25) is 14.4 Å². The van der Waals surface area contributed by atoms with Crippen molar-refractivity contribution in [1.29, 1.82) is 0 Å². The molecule has 3 aromatic carbocycles. The Labute approximate surface area is 168 Å². The summed E-state index contributed by atoms with van der Waals surface area (Å²) in [5.41, 5.74) is 1.53. The van der Waals surface area contributed by atoms with Crippen LogP contribution in [-0.4, -0.2) is 17.3 Å². The highest BCUT2D eigenvalue weighted by Crippen LogP contribution is 2.57. The summed E-state index contributed by atoms with van der Waals surface area (Å²) in [5, 5.41) is 0. The molecule has 0 fully saturated rings. The SMILES string of the molecule is O=C1C=C(c2ccccc2)C2(C(=O)c3ccccc3C2=O)[C@H](c2ccccc2)C1. The van der Waals surface area contributed by atoms with E-state index in [0.717, 1.165) is 11.1 Å². The van der Waals surface area contributed by atoms with E-state index < -0.39 is 11.3 Å². The largest absolute Gasteiger partial charge is 0.295 e. The number of hydrogen-bond acceptors (Lipinski definition) is 3. The minimum atomic E-state index is -1.42. The van der Waals surface area contributed by atoms with Crippen LogP contribution < -0.4 is 0 Å². The smallest absolute Gasteiger partial charge is 0.182 e. The van der Waals surface area contributed by atoms with Gasteiger partial charge < -0.3 is 0 Å². The topological polar surface area (TPSA) is 51.2 Å². The molecule has 3 heteroatoms. The summed E-state index contributed by atoms with van der Waals surface area (Å²) in [7, 11) is 0. The average Bonchev–Trinajstić information content (AvgIpc) is 2.99. The molecule has 3 nitrogen and oxygen atoms in total. The van der Waals surface area contributed by atoms with Gasteiger partial charge in [0.1, 0.15) is 5.41 Å². The number of Topliss-reactive ketones (excluding diaryl/α,β-unsaturated/α-hetero) is 2. The van der Waals surface area contributed by atoms with Gasteiger partial charge in [0.15, 0.2) is 17.3 Å². The van der Waals surface area contributed by atoms with Crippen molar-refractivity contribution in [2.45, 2.75) is 12.3 Å². The molecule has 29 heavy (non-hydrogen) atoms. The monoisotopic (exact) mass is 378 g/mol. The summed E-state index contributed by atoms with van der Waals surface area (Å²) in [4.78, 5) is 40.5. The molecule has 5 rings (SSSR count). The third-order valence-corrected chi connectivity index (χ3v) is 6.08. The molecule has 2 aliphatic rings. The highest BCUT2D eigenvalue weighted by atomic mass is 16.2. The molecule has 3 aromatic rings. The zero-order valence-electron chi connectivity index (χ0n) is 15.7. The molecule has 0 unspecified atom stereocenters.